The van der Waals surface area contributed by atoms with Crippen molar-refractivity contribution in [1.29, 1.82) is 0 Å². The van der Waals surface area contributed by atoms with Crippen LogP contribution >= 0.6 is 47.8 Å². The second-order valence-electron chi connectivity index (χ2n) is 5.48. The van der Waals surface area contributed by atoms with Crippen LogP contribution in [0.2, 0.25) is 0 Å². The lowest BCUT2D eigenvalue weighted by molar-refractivity contribution is -0.365. The molecular formula is C12H19Br3O8. The maximum Gasteiger partial charge on any atom is 0.210 e. The predicted octanol–water partition coefficient (Wildman–Crippen LogP) is -1.19. The summed E-state index contributed by atoms with van der Waals surface area (Å²) in [6, 6.07) is 0. The van der Waals surface area contributed by atoms with Gasteiger partial charge in [-0.2, -0.15) is 0 Å². The Hall–Kier alpha value is 1.12. The Labute approximate surface area is 158 Å². The summed E-state index contributed by atoms with van der Waals surface area (Å²) in [7, 11) is 0. The van der Waals surface area contributed by atoms with Gasteiger partial charge in [0.25, 0.3) is 0 Å². The van der Waals surface area contributed by atoms with E-state index in [1.165, 1.54) is 0 Å². The van der Waals surface area contributed by atoms with Crippen LogP contribution in [0.15, 0.2) is 0 Å². The van der Waals surface area contributed by atoms with Crippen LogP contribution in [0, 0.1) is 0 Å². The van der Waals surface area contributed by atoms with Gasteiger partial charge in [0.2, 0.25) is 5.79 Å². The predicted molar refractivity (Wildman–Crippen MR) is 88.8 cm³/mol. The second kappa shape index (κ2) is 8.21. The van der Waals surface area contributed by atoms with Crippen LogP contribution in [-0.4, -0.2) is 96.3 Å². The fourth-order valence-electron chi connectivity index (χ4n) is 2.56. The van der Waals surface area contributed by atoms with E-state index in [1.807, 2.05) is 0 Å². The molecule has 0 spiro atoms. The van der Waals surface area contributed by atoms with Gasteiger partial charge in [-0.1, -0.05) is 47.8 Å². The van der Waals surface area contributed by atoms with Gasteiger partial charge in [-0.25, -0.2) is 0 Å². The Morgan fingerprint density at radius 2 is 1.43 bits per heavy atom. The molecule has 2 aliphatic heterocycles. The minimum Gasteiger partial charge on any atom is -0.388 e. The van der Waals surface area contributed by atoms with Gasteiger partial charge < -0.3 is 39.7 Å². The maximum absolute atomic E-state index is 10.3. The normalized spacial score (nSPS) is 51.1. The van der Waals surface area contributed by atoms with Crippen molar-refractivity contribution in [2.45, 2.75) is 54.8 Å². The minimum atomic E-state index is -1.66. The average molecular weight is 531 g/mol. The molecule has 0 amide bonds. The van der Waals surface area contributed by atoms with Crippen LogP contribution in [0.5, 0.6) is 0 Å². The van der Waals surface area contributed by atoms with Crippen LogP contribution < -0.4 is 0 Å². The molecule has 0 saturated carbocycles. The van der Waals surface area contributed by atoms with Gasteiger partial charge in [-0.15, -0.1) is 0 Å². The molecule has 0 aromatic heterocycles. The van der Waals surface area contributed by atoms with Crippen molar-refractivity contribution < 1.29 is 39.7 Å². The molecule has 11 heteroatoms. The summed E-state index contributed by atoms with van der Waals surface area (Å²) in [5.74, 6) is -1.66. The second-order valence-corrected chi connectivity index (χ2v) is 7.33. The van der Waals surface area contributed by atoms with Crippen LogP contribution in [-0.2, 0) is 14.2 Å². The average Bonchev–Trinajstić information content (AvgIpc) is 2.80. The van der Waals surface area contributed by atoms with Crippen LogP contribution in [0.3, 0.4) is 0 Å². The van der Waals surface area contributed by atoms with E-state index >= 15 is 0 Å². The number of hydrogen-bond acceptors (Lipinski definition) is 8. The summed E-state index contributed by atoms with van der Waals surface area (Å²) < 4.78 is 16.6. The van der Waals surface area contributed by atoms with E-state index in [0.29, 0.717) is 0 Å². The molecule has 0 aliphatic carbocycles. The highest BCUT2D eigenvalue weighted by molar-refractivity contribution is 9.09. The fraction of sp³-hybridized carbons (Fsp3) is 1.00. The Morgan fingerprint density at radius 3 is 1.91 bits per heavy atom. The third-order valence-corrected chi connectivity index (χ3v) is 6.04. The van der Waals surface area contributed by atoms with Gasteiger partial charge >= 0.3 is 0 Å². The van der Waals surface area contributed by atoms with Crippen molar-refractivity contribution >= 4 is 47.8 Å². The number of aliphatic hydroxyl groups excluding tert-OH is 5. The van der Waals surface area contributed by atoms with E-state index in [1.54, 1.807) is 0 Å². The molecular weight excluding hydrogens is 512 g/mol. The SMILES string of the molecule is O[C@@H]1[C@@H](O)[C@@H](O[C@]2(CBr)O[C@H](CBr)[C@@H](O)[C@@H]2O)O[C@H](CBr)[C@H]1O. The van der Waals surface area contributed by atoms with Gasteiger partial charge in [0.15, 0.2) is 6.29 Å². The molecule has 0 radical (unpaired) electrons. The lowest BCUT2D eigenvalue weighted by Gasteiger charge is -2.43. The first-order chi connectivity index (χ1) is 10.8. The van der Waals surface area contributed by atoms with Crippen LogP contribution in [0.4, 0.5) is 0 Å². The quantitative estimate of drug-likeness (QED) is 0.281. The van der Waals surface area contributed by atoms with Crippen molar-refractivity contribution in [3.63, 3.8) is 0 Å². The Bertz CT molecular complexity index is 403. The molecule has 23 heavy (non-hydrogen) atoms. The molecule has 5 N–H and O–H groups in total. The molecule has 136 valence electrons. The summed E-state index contributed by atoms with van der Waals surface area (Å²) in [6.07, 6.45) is -9.82. The zero-order chi connectivity index (χ0) is 17.4. The lowest BCUT2D eigenvalue weighted by atomic mass is 9.99. The van der Waals surface area contributed by atoms with E-state index < -0.39 is 54.8 Å². The minimum absolute atomic E-state index is 0.00800. The number of alkyl halides is 3. The van der Waals surface area contributed by atoms with Gasteiger partial charge in [-0.05, 0) is 0 Å². The number of hydrogen-bond donors (Lipinski definition) is 5. The topological polar surface area (TPSA) is 129 Å². The molecule has 0 aromatic rings. The van der Waals surface area contributed by atoms with Crippen LogP contribution in [0.1, 0.15) is 0 Å². The Morgan fingerprint density at radius 1 is 0.826 bits per heavy atom. The molecule has 8 nitrogen and oxygen atoms in total. The summed E-state index contributed by atoms with van der Waals surface area (Å²) in [4.78, 5) is 0. The summed E-state index contributed by atoms with van der Waals surface area (Å²) in [5, 5.41) is 50.5. The van der Waals surface area contributed by atoms with Crippen molar-refractivity contribution in [2.24, 2.45) is 0 Å². The molecule has 0 aromatic carbocycles. The first-order valence-electron chi connectivity index (χ1n) is 6.90. The van der Waals surface area contributed by atoms with E-state index in [-0.39, 0.29) is 16.0 Å². The Kier molecular flexibility index (Phi) is 7.29. The standard InChI is InChI=1S/C12H19Br3O8/c13-1-4-6(16)8(18)9(19)11(21-4)23-12(3-15)10(20)7(17)5(2-14)22-12/h4-11,16-20H,1-3H2/t4-,5-,6-,7-,8+,9-,10+,11-,12+/m1/s1. The molecule has 2 fully saturated rings. The molecule has 0 bridgehead atoms. The fourth-order valence-corrected chi connectivity index (χ4v) is 4.21. The van der Waals surface area contributed by atoms with E-state index in [2.05, 4.69) is 47.8 Å². The monoisotopic (exact) mass is 528 g/mol. The molecule has 2 heterocycles. The smallest absolute Gasteiger partial charge is 0.210 e. The first-order valence-corrected chi connectivity index (χ1v) is 10.3. The summed E-state index contributed by atoms with van der Waals surface area (Å²) in [6.45, 7) is 0. The molecule has 2 saturated heterocycles. The highest BCUT2D eigenvalue weighted by Crippen LogP contribution is 2.38. The zero-order valence-corrected chi connectivity index (χ0v) is 16.6. The zero-order valence-electron chi connectivity index (χ0n) is 11.8. The van der Waals surface area contributed by atoms with Gasteiger partial charge in [0.05, 0.1) is 17.5 Å². The summed E-state index contributed by atoms with van der Waals surface area (Å²) >= 11 is 9.48. The largest absolute Gasteiger partial charge is 0.388 e. The van der Waals surface area contributed by atoms with Crippen molar-refractivity contribution in [1.82, 2.24) is 0 Å². The van der Waals surface area contributed by atoms with E-state index in [0.717, 1.165) is 0 Å². The number of ether oxygens (including phenoxy) is 3. The van der Waals surface area contributed by atoms with Crippen molar-refractivity contribution in [3.05, 3.63) is 0 Å². The van der Waals surface area contributed by atoms with Gasteiger partial charge in [-0.3, -0.25) is 0 Å². The molecule has 9 atom stereocenters. The summed E-state index contributed by atoms with van der Waals surface area (Å²) in [5.41, 5.74) is 0. The lowest BCUT2D eigenvalue weighted by Crippen LogP contribution is -2.62. The number of halogens is 3. The van der Waals surface area contributed by atoms with Gasteiger partial charge in [0.1, 0.15) is 30.5 Å². The highest BCUT2D eigenvalue weighted by Gasteiger charge is 2.57. The molecule has 2 aliphatic rings. The Balaban J connectivity index is 2.18. The van der Waals surface area contributed by atoms with Crippen LogP contribution in [0.25, 0.3) is 0 Å². The van der Waals surface area contributed by atoms with E-state index in [9.17, 15) is 25.5 Å². The highest BCUT2D eigenvalue weighted by atomic mass is 79.9. The van der Waals surface area contributed by atoms with Gasteiger partial charge in [0, 0.05) is 10.7 Å². The molecule has 2 rings (SSSR count). The third-order valence-electron chi connectivity index (χ3n) is 3.98. The maximum atomic E-state index is 10.3. The molecule has 0 unspecified atom stereocenters. The number of rotatable bonds is 5. The van der Waals surface area contributed by atoms with Crippen molar-refractivity contribution in [3.8, 4) is 0 Å². The van der Waals surface area contributed by atoms with Crippen molar-refractivity contribution in [2.75, 3.05) is 16.0 Å². The van der Waals surface area contributed by atoms with E-state index in [4.69, 9.17) is 14.2 Å². The number of aliphatic hydroxyl groups is 5. The first kappa shape index (κ1) is 20.4. The third kappa shape index (κ3) is 3.80.